The maximum absolute atomic E-state index is 9.91. The number of hydrogen-bond acceptors (Lipinski definition) is 3. The predicted molar refractivity (Wildman–Crippen MR) is 105 cm³/mol. The Morgan fingerprint density at radius 2 is 1.77 bits per heavy atom. The van der Waals surface area contributed by atoms with Crippen molar-refractivity contribution < 1.29 is 0 Å². The number of pyridine rings is 1. The summed E-state index contributed by atoms with van der Waals surface area (Å²) in [6.07, 6.45) is 10.9. The lowest BCUT2D eigenvalue weighted by Crippen LogP contribution is -2.26. The number of benzene rings is 1. The smallest absolute Gasteiger partial charge is 0.157 e. The van der Waals surface area contributed by atoms with Crippen LogP contribution in [0.1, 0.15) is 61.6 Å². The number of hydrogen-bond donors (Lipinski definition) is 1. The van der Waals surface area contributed by atoms with Gasteiger partial charge in [-0.25, -0.2) is 4.98 Å². The number of nitrogens with zero attached hydrogens (tertiary/aromatic N) is 3. The molecule has 1 N–H and O–H groups in total. The predicted octanol–water partition coefficient (Wildman–Crippen LogP) is 4.98. The van der Waals surface area contributed by atoms with Crippen molar-refractivity contribution in [2.24, 2.45) is 0 Å². The van der Waals surface area contributed by atoms with Gasteiger partial charge in [0.25, 0.3) is 0 Å². The molecule has 0 atom stereocenters. The monoisotopic (exact) mass is 344 g/mol. The molecule has 0 spiro atoms. The van der Waals surface area contributed by atoms with E-state index in [-0.39, 0.29) is 0 Å². The van der Waals surface area contributed by atoms with Crippen LogP contribution >= 0.6 is 0 Å². The first kappa shape index (κ1) is 15.7. The second-order valence-corrected chi connectivity index (χ2v) is 7.74. The number of nitriles is 1. The molecule has 3 aromatic rings. The first-order valence-corrected chi connectivity index (χ1v) is 9.98. The zero-order valence-corrected chi connectivity index (χ0v) is 15.1. The molecule has 0 bridgehead atoms. The Hall–Kier alpha value is -2.54. The normalized spacial score (nSPS) is 18.0. The van der Waals surface area contributed by atoms with Crippen LogP contribution in [0.3, 0.4) is 0 Å². The molecule has 1 aromatic carbocycles. The molecule has 0 saturated heterocycles. The summed E-state index contributed by atoms with van der Waals surface area (Å²) < 4.78 is 2.23. The molecule has 1 saturated carbocycles. The highest BCUT2D eigenvalue weighted by Crippen LogP contribution is 2.36. The van der Waals surface area contributed by atoms with E-state index in [0.29, 0.717) is 6.04 Å². The highest BCUT2D eigenvalue weighted by molar-refractivity contribution is 5.86. The van der Waals surface area contributed by atoms with Crippen molar-refractivity contribution in [1.82, 2.24) is 9.38 Å². The van der Waals surface area contributed by atoms with E-state index in [1.54, 1.807) is 0 Å². The molecule has 4 nitrogen and oxygen atoms in total. The van der Waals surface area contributed by atoms with Crippen LogP contribution in [0.2, 0.25) is 0 Å². The molecule has 5 rings (SSSR count). The summed E-state index contributed by atoms with van der Waals surface area (Å²) in [5.74, 6) is 1.20. The molecule has 132 valence electrons. The van der Waals surface area contributed by atoms with Crippen LogP contribution in [0, 0.1) is 11.3 Å². The van der Waals surface area contributed by atoms with E-state index in [1.165, 1.54) is 61.9 Å². The number of aromatic nitrogens is 2. The van der Waals surface area contributed by atoms with Gasteiger partial charge in [0.1, 0.15) is 11.9 Å². The fourth-order valence-electron chi connectivity index (χ4n) is 4.84. The maximum Gasteiger partial charge on any atom is 0.157 e. The number of rotatable bonds is 2. The number of nitrogens with one attached hydrogen (secondary N) is 1. The highest BCUT2D eigenvalue weighted by Gasteiger charge is 2.26. The van der Waals surface area contributed by atoms with Gasteiger partial charge >= 0.3 is 0 Å². The maximum atomic E-state index is 9.91. The summed E-state index contributed by atoms with van der Waals surface area (Å²) in [7, 11) is 0. The highest BCUT2D eigenvalue weighted by atomic mass is 15.1. The Bertz CT molecular complexity index is 1020. The molecular weight excluding hydrogens is 320 g/mol. The Morgan fingerprint density at radius 3 is 2.58 bits per heavy atom. The van der Waals surface area contributed by atoms with Crippen LogP contribution < -0.4 is 5.32 Å². The number of fused-ring (bicyclic) bond motifs is 4. The minimum atomic E-state index is 0.534. The lowest BCUT2D eigenvalue weighted by molar-refractivity contribution is 0.461. The molecule has 0 amide bonds. The Morgan fingerprint density at radius 1 is 1.00 bits per heavy atom. The van der Waals surface area contributed by atoms with Gasteiger partial charge in [-0.1, -0.05) is 31.4 Å². The van der Waals surface area contributed by atoms with Crippen molar-refractivity contribution >= 4 is 22.5 Å². The van der Waals surface area contributed by atoms with Crippen molar-refractivity contribution in [3.8, 4) is 6.07 Å². The van der Waals surface area contributed by atoms with Gasteiger partial charge in [0.05, 0.1) is 16.6 Å². The summed E-state index contributed by atoms with van der Waals surface area (Å²) >= 11 is 0. The van der Waals surface area contributed by atoms with E-state index >= 15 is 0 Å². The number of para-hydroxylation sites is 2. The SMILES string of the molecule is N#Cc1c2c(c(NC3CCCCC3)n3c1nc1ccccc13)CCCC2. The van der Waals surface area contributed by atoms with Crippen LogP contribution in [0.5, 0.6) is 0 Å². The topological polar surface area (TPSA) is 53.1 Å². The minimum Gasteiger partial charge on any atom is -0.368 e. The van der Waals surface area contributed by atoms with Crippen LogP contribution in [-0.4, -0.2) is 15.4 Å². The molecule has 0 radical (unpaired) electrons. The molecule has 2 aliphatic carbocycles. The van der Waals surface area contributed by atoms with Gasteiger partial charge in [-0.15, -0.1) is 0 Å². The molecule has 0 unspecified atom stereocenters. The molecule has 2 aromatic heterocycles. The van der Waals surface area contributed by atoms with Gasteiger partial charge < -0.3 is 5.32 Å². The van der Waals surface area contributed by atoms with Crippen molar-refractivity contribution in [3.05, 3.63) is 41.0 Å². The summed E-state index contributed by atoms with van der Waals surface area (Å²) in [6, 6.07) is 11.3. The number of imidazole rings is 1. The standard InChI is InChI=1S/C22H24N4/c23-14-18-16-10-4-5-11-17(16)21(24-15-8-2-1-3-9-15)26-20-13-7-6-12-19(20)25-22(18)26/h6-7,12-13,15,24H,1-5,8-11H2. The van der Waals surface area contributed by atoms with Gasteiger partial charge in [-0.3, -0.25) is 4.40 Å². The van der Waals surface area contributed by atoms with Crippen LogP contribution in [0.15, 0.2) is 24.3 Å². The zero-order chi connectivity index (χ0) is 17.5. The van der Waals surface area contributed by atoms with E-state index in [2.05, 4.69) is 27.9 Å². The lowest BCUT2D eigenvalue weighted by Gasteiger charge is -2.29. The van der Waals surface area contributed by atoms with Gasteiger partial charge in [-0.05, 0) is 61.8 Å². The fraction of sp³-hybridized carbons (Fsp3) is 0.455. The minimum absolute atomic E-state index is 0.534. The van der Waals surface area contributed by atoms with E-state index in [9.17, 15) is 5.26 Å². The van der Waals surface area contributed by atoms with E-state index in [1.807, 2.05) is 12.1 Å². The Kier molecular flexibility index (Phi) is 3.81. The molecule has 0 aliphatic heterocycles. The van der Waals surface area contributed by atoms with Crippen LogP contribution in [0.25, 0.3) is 16.7 Å². The van der Waals surface area contributed by atoms with Crippen molar-refractivity contribution in [2.45, 2.75) is 63.8 Å². The lowest BCUT2D eigenvalue weighted by atomic mass is 9.88. The van der Waals surface area contributed by atoms with Crippen molar-refractivity contribution in [2.75, 3.05) is 5.32 Å². The van der Waals surface area contributed by atoms with Crippen molar-refractivity contribution in [1.29, 1.82) is 5.26 Å². The third-order valence-corrected chi connectivity index (χ3v) is 6.12. The third kappa shape index (κ3) is 2.38. The van der Waals surface area contributed by atoms with E-state index in [0.717, 1.165) is 35.1 Å². The molecular formula is C22H24N4. The second-order valence-electron chi connectivity index (χ2n) is 7.74. The number of anilines is 1. The van der Waals surface area contributed by atoms with Gasteiger partial charge in [0.2, 0.25) is 0 Å². The summed E-state index contributed by atoms with van der Waals surface area (Å²) in [6.45, 7) is 0. The van der Waals surface area contributed by atoms with Gasteiger partial charge in [0.15, 0.2) is 5.65 Å². The van der Waals surface area contributed by atoms with Crippen LogP contribution in [-0.2, 0) is 12.8 Å². The summed E-state index contributed by atoms with van der Waals surface area (Å²) in [5, 5.41) is 13.8. The van der Waals surface area contributed by atoms with E-state index < -0.39 is 0 Å². The molecule has 26 heavy (non-hydrogen) atoms. The quantitative estimate of drug-likeness (QED) is 0.713. The average molecular weight is 344 g/mol. The molecule has 2 heterocycles. The summed E-state index contributed by atoms with van der Waals surface area (Å²) in [4.78, 5) is 4.85. The third-order valence-electron chi connectivity index (χ3n) is 6.12. The average Bonchev–Trinajstić information content (AvgIpc) is 3.08. The Labute approximate surface area is 153 Å². The van der Waals surface area contributed by atoms with E-state index in [4.69, 9.17) is 4.98 Å². The Balaban J connectivity index is 1.81. The molecule has 1 fully saturated rings. The van der Waals surface area contributed by atoms with Gasteiger partial charge in [-0.2, -0.15) is 5.26 Å². The molecule has 2 aliphatic rings. The molecule has 4 heteroatoms. The first-order valence-electron chi connectivity index (χ1n) is 9.98. The van der Waals surface area contributed by atoms with Gasteiger partial charge in [0, 0.05) is 6.04 Å². The largest absolute Gasteiger partial charge is 0.368 e. The van der Waals surface area contributed by atoms with Crippen molar-refractivity contribution in [3.63, 3.8) is 0 Å². The second kappa shape index (κ2) is 6.32. The fourth-order valence-corrected chi connectivity index (χ4v) is 4.84. The summed E-state index contributed by atoms with van der Waals surface area (Å²) in [5.41, 5.74) is 6.27. The van der Waals surface area contributed by atoms with Crippen LogP contribution in [0.4, 0.5) is 5.82 Å². The zero-order valence-electron chi connectivity index (χ0n) is 15.1. The first-order chi connectivity index (χ1) is 12.9.